The van der Waals surface area contributed by atoms with E-state index in [1.165, 1.54) is 5.56 Å². The van der Waals surface area contributed by atoms with Gasteiger partial charge in [-0.15, -0.1) is 0 Å². The first-order chi connectivity index (χ1) is 9.15. The molecule has 0 aliphatic carbocycles. The van der Waals surface area contributed by atoms with E-state index >= 15 is 0 Å². The van der Waals surface area contributed by atoms with Gasteiger partial charge in [0, 0.05) is 12.0 Å². The van der Waals surface area contributed by atoms with E-state index in [0.717, 1.165) is 24.3 Å². The molecule has 1 aromatic carbocycles. The van der Waals surface area contributed by atoms with Crippen molar-refractivity contribution in [2.45, 2.75) is 19.4 Å². The van der Waals surface area contributed by atoms with Crippen LogP contribution < -0.4 is 4.74 Å². The van der Waals surface area contributed by atoms with Gasteiger partial charge in [-0.25, -0.2) is 0 Å². The fourth-order valence-electron chi connectivity index (χ4n) is 2.07. The third-order valence-corrected chi connectivity index (χ3v) is 3.52. The van der Waals surface area contributed by atoms with E-state index in [1.807, 2.05) is 38.1 Å². The molecule has 1 aromatic heterocycles. The lowest BCUT2D eigenvalue weighted by Crippen LogP contribution is -2.16. The van der Waals surface area contributed by atoms with E-state index in [-0.39, 0.29) is 6.04 Å². The average Bonchev–Trinajstić information content (AvgIpc) is 3.05. The molecule has 1 atom stereocenters. The maximum absolute atomic E-state index is 5.49. The van der Waals surface area contributed by atoms with Crippen molar-refractivity contribution in [1.82, 2.24) is 15.0 Å². The van der Waals surface area contributed by atoms with Gasteiger partial charge in [0.15, 0.2) is 0 Å². The van der Waals surface area contributed by atoms with Crippen LogP contribution in [0.3, 0.4) is 0 Å². The normalized spacial score (nSPS) is 15.4. The number of fused-ring (bicyclic) bond motifs is 1. The second-order valence-electron chi connectivity index (χ2n) is 5.02. The Morgan fingerprint density at radius 2 is 2.16 bits per heavy atom. The van der Waals surface area contributed by atoms with Crippen LogP contribution in [0.1, 0.15) is 24.4 Å². The molecule has 2 heterocycles. The number of hydrogen-bond acceptors (Lipinski definition) is 5. The van der Waals surface area contributed by atoms with Gasteiger partial charge in [-0.05, 0) is 44.8 Å². The van der Waals surface area contributed by atoms with Gasteiger partial charge in [-0.3, -0.25) is 4.90 Å². The monoisotopic (exact) mass is 259 g/mol. The summed E-state index contributed by atoms with van der Waals surface area (Å²) in [6, 6.07) is 6.14. The van der Waals surface area contributed by atoms with Gasteiger partial charge >= 0.3 is 0 Å². The molecule has 0 unspecified atom stereocenters. The number of aromatic nitrogens is 2. The maximum Gasteiger partial charge on any atom is 0.244 e. The highest BCUT2D eigenvalue weighted by molar-refractivity contribution is 5.59. The van der Waals surface area contributed by atoms with Gasteiger partial charge in [0.2, 0.25) is 11.7 Å². The quantitative estimate of drug-likeness (QED) is 0.846. The van der Waals surface area contributed by atoms with Crippen LogP contribution in [0.15, 0.2) is 22.7 Å². The first-order valence-corrected chi connectivity index (χ1v) is 6.41. The molecule has 0 bridgehead atoms. The van der Waals surface area contributed by atoms with Crippen LogP contribution in [0.4, 0.5) is 0 Å². The van der Waals surface area contributed by atoms with Crippen molar-refractivity contribution >= 4 is 0 Å². The van der Waals surface area contributed by atoms with Crippen LogP contribution in [0.2, 0.25) is 0 Å². The van der Waals surface area contributed by atoms with E-state index < -0.39 is 0 Å². The highest BCUT2D eigenvalue weighted by Gasteiger charge is 2.18. The molecule has 0 spiro atoms. The van der Waals surface area contributed by atoms with Crippen molar-refractivity contribution in [3.8, 4) is 17.1 Å². The van der Waals surface area contributed by atoms with Crippen LogP contribution >= 0.6 is 0 Å². The fourth-order valence-corrected chi connectivity index (χ4v) is 2.07. The first-order valence-electron chi connectivity index (χ1n) is 6.41. The van der Waals surface area contributed by atoms with E-state index in [0.29, 0.717) is 11.7 Å². The molecule has 3 rings (SSSR count). The molecule has 1 aliphatic rings. The van der Waals surface area contributed by atoms with Crippen molar-refractivity contribution in [3.63, 3.8) is 0 Å². The lowest BCUT2D eigenvalue weighted by molar-refractivity contribution is 0.245. The number of benzene rings is 1. The summed E-state index contributed by atoms with van der Waals surface area (Å²) in [6.45, 7) is 2.79. The summed E-state index contributed by atoms with van der Waals surface area (Å²) in [5.41, 5.74) is 2.19. The van der Waals surface area contributed by atoms with Gasteiger partial charge in [0.1, 0.15) is 5.75 Å². The number of ether oxygens (including phenoxy) is 1. The van der Waals surface area contributed by atoms with E-state index in [4.69, 9.17) is 9.26 Å². The second kappa shape index (κ2) is 4.66. The minimum Gasteiger partial charge on any atom is -0.493 e. The second-order valence-corrected chi connectivity index (χ2v) is 5.02. The molecule has 5 nitrogen and oxygen atoms in total. The highest BCUT2D eigenvalue weighted by Crippen LogP contribution is 2.29. The van der Waals surface area contributed by atoms with Gasteiger partial charge in [0.05, 0.1) is 12.6 Å². The molecule has 0 radical (unpaired) electrons. The summed E-state index contributed by atoms with van der Waals surface area (Å²) in [5, 5.41) is 4.06. The molecule has 1 aliphatic heterocycles. The summed E-state index contributed by atoms with van der Waals surface area (Å²) in [7, 11) is 3.97. The number of nitrogens with zero attached hydrogens (tertiary/aromatic N) is 3. The van der Waals surface area contributed by atoms with E-state index in [1.54, 1.807) is 0 Å². The summed E-state index contributed by atoms with van der Waals surface area (Å²) < 4.78 is 10.8. The lowest BCUT2D eigenvalue weighted by atomic mass is 10.1. The van der Waals surface area contributed by atoms with Crippen LogP contribution in [0, 0.1) is 0 Å². The summed E-state index contributed by atoms with van der Waals surface area (Å²) >= 11 is 0. The van der Waals surface area contributed by atoms with Crippen molar-refractivity contribution < 1.29 is 9.26 Å². The van der Waals surface area contributed by atoms with Gasteiger partial charge in [-0.2, -0.15) is 4.98 Å². The molecular formula is C14H17N3O2. The molecule has 0 saturated carbocycles. The maximum atomic E-state index is 5.49. The van der Waals surface area contributed by atoms with E-state index in [2.05, 4.69) is 16.2 Å². The molecule has 0 amide bonds. The zero-order valence-corrected chi connectivity index (χ0v) is 11.4. The molecule has 2 aromatic rings. The summed E-state index contributed by atoms with van der Waals surface area (Å²) in [4.78, 5) is 6.50. The van der Waals surface area contributed by atoms with Crippen LogP contribution in [-0.4, -0.2) is 35.7 Å². The third-order valence-electron chi connectivity index (χ3n) is 3.52. The number of rotatable bonds is 3. The molecule has 0 saturated heterocycles. The zero-order valence-electron chi connectivity index (χ0n) is 11.4. The first kappa shape index (κ1) is 12.2. The van der Waals surface area contributed by atoms with Crippen molar-refractivity contribution in [2.75, 3.05) is 20.7 Å². The Morgan fingerprint density at radius 3 is 2.95 bits per heavy atom. The predicted octanol–water partition coefficient (Wildman–Crippen LogP) is 2.29. The topological polar surface area (TPSA) is 51.4 Å². The Hall–Kier alpha value is -1.88. The fraction of sp³-hybridized carbons (Fsp3) is 0.429. The Kier molecular flexibility index (Phi) is 2.98. The summed E-state index contributed by atoms with van der Waals surface area (Å²) in [5.74, 6) is 2.24. The van der Waals surface area contributed by atoms with Crippen LogP contribution in [0.5, 0.6) is 5.75 Å². The highest BCUT2D eigenvalue weighted by atomic mass is 16.5. The smallest absolute Gasteiger partial charge is 0.244 e. The number of hydrogen-bond donors (Lipinski definition) is 0. The van der Waals surface area contributed by atoms with Crippen LogP contribution in [-0.2, 0) is 6.42 Å². The van der Waals surface area contributed by atoms with Gasteiger partial charge in [0.25, 0.3) is 0 Å². The lowest BCUT2D eigenvalue weighted by Gasteiger charge is -2.14. The average molecular weight is 259 g/mol. The molecular weight excluding hydrogens is 242 g/mol. The standard InChI is InChI=1S/C14H17N3O2/c1-9(17(2)3)14-15-13(16-19-14)11-4-5-12-10(8-11)6-7-18-12/h4-5,8-9H,6-7H2,1-3H3/t9-/m0/s1. The van der Waals surface area contributed by atoms with Gasteiger partial charge < -0.3 is 9.26 Å². The Labute approximate surface area is 112 Å². The molecule has 0 N–H and O–H groups in total. The summed E-state index contributed by atoms with van der Waals surface area (Å²) in [6.07, 6.45) is 0.946. The van der Waals surface area contributed by atoms with E-state index in [9.17, 15) is 0 Å². The Bertz CT molecular complexity index is 592. The van der Waals surface area contributed by atoms with Crippen molar-refractivity contribution in [3.05, 3.63) is 29.7 Å². The minimum absolute atomic E-state index is 0.110. The predicted molar refractivity (Wildman–Crippen MR) is 71.0 cm³/mol. The SMILES string of the molecule is C[C@@H](c1nc(-c2ccc3c(c2)CCO3)no1)N(C)C. The van der Waals surface area contributed by atoms with Crippen molar-refractivity contribution in [2.24, 2.45) is 0 Å². The van der Waals surface area contributed by atoms with Crippen molar-refractivity contribution in [1.29, 1.82) is 0 Å². The Balaban J connectivity index is 1.90. The minimum atomic E-state index is 0.110. The van der Waals surface area contributed by atoms with Gasteiger partial charge in [-0.1, -0.05) is 5.16 Å². The largest absolute Gasteiger partial charge is 0.493 e. The molecule has 0 fully saturated rings. The Morgan fingerprint density at radius 1 is 1.32 bits per heavy atom. The zero-order chi connectivity index (χ0) is 13.4. The van der Waals surface area contributed by atoms with Crippen LogP contribution in [0.25, 0.3) is 11.4 Å². The molecule has 5 heteroatoms. The molecule has 19 heavy (non-hydrogen) atoms. The third kappa shape index (κ3) is 2.21. The molecule has 100 valence electrons.